The number of carbonyl (C=O) groups is 2. The maximum Gasteiger partial charge on any atom is 0.306 e. The van der Waals surface area contributed by atoms with Crippen LogP contribution in [-0.4, -0.2) is 99.6 Å². The second-order valence-corrected chi connectivity index (χ2v) is 20.1. The average molecular weight is 1070 g/mol. The molecule has 0 bridgehead atoms. The van der Waals surface area contributed by atoms with Crippen molar-refractivity contribution in [2.24, 2.45) is 0 Å². The van der Waals surface area contributed by atoms with Crippen molar-refractivity contribution >= 4 is 11.9 Å². The molecule has 8 unspecified atom stereocenters. The lowest BCUT2D eigenvalue weighted by Crippen LogP contribution is -2.61. The van der Waals surface area contributed by atoms with Crippen molar-refractivity contribution in [1.82, 2.24) is 5.32 Å². The molecule has 1 amide bonds. The molecule has 0 aromatic rings. The second-order valence-electron chi connectivity index (χ2n) is 20.1. The molecule has 1 aliphatic heterocycles. The molecular weight excluding hydrogens is 967 g/mol. The van der Waals surface area contributed by atoms with Gasteiger partial charge < -0.3 is 45.1 Å². The monoisotopic (exact) mass is 1070 g/mol. The minimum Gasteiger partial charge on any atom is -0.454 e. The van der Waals surface area contributed by atoms with Crippen LogP contribution in [0.15, 0.2) is 134 Å². The van der Waals surface area contributed by atoms with Gasteiger partial charge in [-0.3, -0.25) is 9.59 Å². The summed E-state index contributed by atoms with van der Waals surface area (Å²) < 4.78 is 17.5. The van der Waals surface area contributed by atoms with E-state index in [1.165, 1.54) is 38.5 Å². The summed E-state index contributed by atoms with van der Waals surface area (Å²) in [5.74, 6) is -1.26. The summed E-state index contributed by atoms with van der Waals surface area (Å²) in [6.45, 7) is 5.47. The fourth-order valence-corrected chi connectivity index (χ4v) is 8.43. The van der Waals surface area contributed by atoms with E-state index in [1.54, 1.807) is 6.08 Å². The Balaban J connectivity index is 2.72. The lowest BCUT2D eigenvalue weighted by Gasteiger charge is -2.41. The summed E-state index contributed by atoms with van der Waals surface area (Å²) >= 11 is 0. The molecule has 6 N–H and O–H groups in total. The molecule has 1 heterocycles. The Morgan fingerprint density at radius 1 is 0.532 bits per heavy atom. The van der Waals surface area contributed by atoms with Crippen molar-refractivity contribution in [1.29, 1.82) is 0 Å². The van der Waals surface area contributed by atoms with Crippen LogP contribution in [0.4, 0.5) is 0 Å². The van der Waals surface area contributed by atoms with Crippen LogP contribution in [0.3, 0.4) is 0 Å². The molecule has 0 aliphatic carbocycles. The van der Waals surface area contributed by atoms with Crippen LogP contribution < -0.4 is 5.32 Å². The molecule has 0 aromatic heterocycles. The molecule has 11 nitrogen and oxygen atoms in total. The summed E-state index contributed by atoms with van der Waals surface area (Å²) in [6.07, 6.45) is 63.4. The summed E-state index contributed by atoms with van der Waals surface area (Å²) in [6, 6.07) is -1.05. The molecule has 1 fully saturated rings. The van der Waals surface area contributed by atoms with Crippen LogP contribution in [0.2, 0.25) is 0 Å². The van der Waals surface area contributed by atoms with Crippen LogP contribution in [0.25, 0.3) is 0 Å². The minimum atomic E-state index is -1.64. The van der Waals surface area contributed by atoms with E-state index in [2.05, 4.69) is 111 Å². The number of nitrogens with one attached hydrogen (secondary N) is 1. The van der Waals surface area contributed by atoms with E-state index >= 15 is 0 Å². The number of aliphatic hydroxyl groups excluding tert-OH is 5. The first-order valence-electron chi connectivity index (χ1n) is 30.0. The number of unbranched alkanes of at least 4 members (excludes halogenated alkanes) is 17. The van der Waals surface area contributed by atoms with Crippen LogP contribution in [0, 0.1) is 0 Å². The standard InChI is InChI=1S/C66H107NO10/c1-4-7-10-13-16-19-22-24-26-27-28-29-30-31-32-34-35-38-41-44-47-50-53-59(70)65(74)67-57(58(69)52-49-46-43-40-37-21-18-15-12-9-6-3)56-75-66-64(63(73)62(72)60(55-68)76-66)77-61(71)54-51-48-45-42-39-36-33-25-23-20-17-14-11-8-5-2/h7-8,10-11,14,16-17,19-20,23-26,28-29,31-33,35,38,49,52,57-60,62-64,66,68-70,72-73H,4-6,9,12-13,15,18,21-22,27,30,34,36-37,39-48,50-51,53-56H2,1-3H3,(H,67,74)/b10-7-,11-8+,17-14+,19-16-,23-20+,26-24-,29-28-,32-31-,33-25-,38-35-,52-49+. The molecule has 11 heteroatoms. The SMILES string of the molecule is CC/C=C\C/C=C\C/C=C\C/C=C\C/C=C\C/C=C\CCCCCC(O)C(=O)NC(COC1OC(CO)C(O)C(O)C1OC(=O)CCCCCCC\C=C/C=C/C=C/C=C/CC)C(O)/C=C/CCCCCCCCCCC. The quantitative estimate of drug-likeness (QED) is 0.0149. The lowest BCUT2D eigenvalue weighted by atomic mass is 9.99. The Bertz CT molecular complexity index is 1760. The largest absolute Gasteiger partial charge is 0.454 e. The molecule has 1 saturated heterocycles. The first kappa shape index (κ1) is 70.8. The predicted octanol–water partition coefficient (Wildman–Crippen LogP) is 14.1. The van der Waals surface area contributed by atoms with Crippen molar-refractivity contribution in [3.8, 4) is 0 Å². The number of hydrogen-bond acceptors (Lipinski definition) is 10. The molecule has 0 radical (unpaired) electrons. The van der Waals surface area contributed by atoms with Crippen LogP contribution in [-0.2, 0) is 23.8 Å². The van der Waals surface area contributed by atoms with Gasteiger partial charge in [0.15, 0.2) is 12.4 Å². The number of aliphatic hydroxyl groups is 5. The third-order valence-electron chi connectivity index (χ3n) is 13.1. The maximum atomic E-state index is 13.4. The van der Waals surface area contributed by atoms with Gasteiger partial charge >= 0.3 is 5.97 Å². The summed E-state index contributed by atoms with van der Waals surface area (Å²) in [7, 11) is 0. The van der Waals surface area contributed by atoms with Gasteiger partial charge in [0.25, 0.3) is 0 Å². The number of allylic oxidation sites excluding steroid dienone is 21. The van der Waals surface area contributed by atoms with E-state index in [4.69, 9.17) is 14.2 Å². The fourth-order valence-electron chi connectivity index (χ4n) is 8.43. The molecule has 1 rings (SSSR count). The average Bonchev–Trinajstić information content (AvgIpc) is 3.43. The van der Waals surface area contributed by atoms with Gasteiger partial charge in [-0.25, -0.2) is 0 Å². The van der Waals surface area contributed by atoms with E-state index < -0.39 is 67.4 Å². The number of esters is 1. The molecule has 8 atom stereocenters. The molecule has 77 heavy (non-hydrogen) atoms. The molecular formula is C66H107NO10. The van der Waals surface area contributed by atoms with Gasteiger partial charge in [-0.05, 0) is 96.3 Å². The van der Waals surface area contributed by atoms with Gasteiger partial charge in [0.05, 0.1) is 25.4 Å². The van der Waals surface area contributed by atoms with Crippen molar-refractivity contribution in [3.63, 3.8) is 0 Å². The maximum absolute atomic E-state index is 13.4. The Morgan fingerprint density at radius 3 is 1.56 bits per heavy atom. The highest BCUT2D eigenvalue weighted by Gasteiger charge is 2.47. The van der Waals surface area contributed by atoms with Gasteiger partial charge in [0.1, 0.15) is 24.4 Å². The normalized spacial score (nSPS) is 20.0. The molecule has 436 valence electrons. The first-order chi connectivity index (χ1) is 37.7. The highest BCUT2D eigenvalue weighted by Crippen LogP contribution is 2.26. The van der Waals surface area contributed by atoms with Gasteiger partial charge in [-0.15, -0.1) is 0 Å². The number of hydrogen-bond donors (Lipinski definition) is 6. The zero-order valence-corrected chi connectivity index (χ0v) is 48.0. The summed E-state index contributed by atoms with van der Waals surface area (Å²) in [5, 5.41) is 56.9. The third kappa shape index (κ3) is 40.6. The Hall–Kier alpha value is -4.20. The smallest absolute Gasteiger partial charge is 0.306 e. The fraction of sp³-hybridized carbons (Fsp3) is 0.636. The van der Waals surface area contributed by atoms with E-state index in [1.807, 2.05) is 42.5 Å². The first-order valence-corrected chi connectivity index (χ1v) is 30.0. The number of carbonyl (C=O) groups excluding carboxylic acids is 2. The van der Waals surface area contributed by atoms with E-state index in [-0.39, 0.29) is 19.4 Å². The van der Waals surface area contributed by atoms with E-state index in [9.17, 15) is 35.1 Å². The highest BCUT2D eigenvalue weighted by atomic mass is 16.7. The third-order valence-corrected chi connectivity index (χ3v) is 13.1. The van der Waals surface area contributed by atoms with Crippen molar-refractivity contribution in [3.05, 3.63) is 134 Å². The predicted molar refractivity (Wildman–Crippen MR) is 319 cm³/mol. The van der Waals surface area contributed by atoms with Crippen molar-refractivity contribution in [2.75, 3.05) is 13.2 Å². The van der Waals surface area contributed by atoms with E-state index in [0.717, 1.165) is 122 Å². The zero-order valence-electron chi connectivity index (χ0n) is 48.0. The van der Waals surface area contributed by atoms with Crippen LogP contribution in [0.5, 0.6) is 0 Å². The molecule has 1 aliphatic rings. The van der Waals surface area contributed by atoms with E-state index in [0.29, 0.717) is 12.8 Å². The minimum absolute atomic E-state index is 0.0860. The zero-order chi connectivity index (χ0) is 56.1. The Labute approximate surface area is 467 Å². The molecule has 0 aromatic carbocycles. The molecule has 0 saturated carbocycles. The number of ether oxygens (including phenoxy) is 3. The number of rotatable bonds is 48. The van der Waals surface area contributed by atoms with Crippen molar-refractivity contribution in [2.45, 2.75) is 256 Å². The summed E-state index contributed by atoms with van der Waals surface area (Å²) in [5.41, 5.74) is 0. The topological polar surface area (TPSA) is 175 Å². The summed E-state index contributed by atoms with van der Waals surface area (Å²) in [4.78, 5) is 26.5. The Kier molecular flexibility index (Phi) is 48.3. The second kappa shape index (κ2) is 52.5. The van der Waals surface area contributed by atoms with Gasteiger partial charge in [0, 0.05) is 6.42 Å². The van der Waals surface area contributed by atoms with Crippen LogP contribution >= 0.6 is 0 Å². The Morgan fingerprint density at radius 2 is 1.00 bits per heavy atom. The highest BCUT2D eigenvalue weighted by molar-refractivity contribution is 5.80. The van der Waals surface area contributed by atoms with Gasteiger partial charge in [-0.2, -0.15) is 0 Å². The number of amides is 1. The van der Waals surface area contributed by atoms with Gasteiger partial charge in [0.2, 0.25) is 5.91 Å². The molecule has 0 spiro atoms. The lowest BCUT2D eigenvalue weighted by molar-refractivity contribution is -0.305. The van der Waals surface area contributed by atoms with Gasteiger partial charge in [-0.1, -0.05) is 238 Å². The van der Waals surface area contributed by atoms with Crippen LogP contribution in [0.1, 0.15) is 207 Å². The van der Waals surface area contributed by atoms with Crippen molar-refractivity contribution < 1.29 is 49.3 Å².